The van der Waals surface area contributed by atoms with E-state index in [0.717, 1.165) is 36.4 Å². The molecular formula is C13H6ClF6N. The minimum atomic E-state index is -4.64. The van der Waals surface area contributed by atoms with Crippen LogP contribution < -0.4 is 0 Å². The number of alkyl halides is 6. The lowest BCUT2D eigenvalue weighted by Crippen LogP contribution is -2.08. The van der Waals surface area contributed by atoms with Gasteiger partial charge in [0.25, 0.3) is 0 Å². The lowest BCUT2D eigenvalue weighted by molar-refractivity contribution is -0.141. The minimum absolute atomic E-state index is 0.124. The second kappa shape index (κ2) is 5.22. The lowest BCUT2D eigenvalue weighted by atomic mass is 10.0. The monoisotopic (exact) mass is 325 g/mol. The van der Waals surface area contributed by atoms with Gasteiger partial charge in [-0.3, -0.25) is 0 Å². The van der Waals surface area contributed by atoms with Gasteiger partial charge in [0.1, 0.15) is 10.8 Å². The van der Waals surface area contributed by atoms with Crippen molar-refractivity contribution in [2.75, 3.05) is 0 Å². The average Bonchev–Trinajstić information content (AvgIpc) is 2.36. The molecule has 21 heavy (non-hydrogen) atoms. The number of nitrogens with zero attached hydrogens (tertiary/aromatic N) is 1. The summed E-state index contributed by atoms with van der Waals surface area (Å²) in [5.74, 6) is 0. The summed E-state index contributed by atoms with van der Waals surface area (Å²) >= 11 is 5.67. The number of hydrogen-bond acceptors (Lipinski definition) is 1. The largest absolute Gasteiger partial charge is 0.433 e. The van der Waals surface area contributed by atoms with Crippen molar-refractivity contribution in [2.45, 2.75) is 12.4 Å². The molecule has 0 aliphatic rings. The fourth-order valence-corrected chi connectivity index (χ4v) is 1.91. The molecule has 1 aromatic heterocycles. The van der Waals surface area contributed by atoms with E-state index in [9.17, 15) is 26.3 Å². The van der Waals surface area contributed by atoms with E-state index in [1.807, 2.05) is 0 Å². The van der Waals surface area contributed by atoms with Crippen LogP contribution in [0, 0.1) is 0 Å². The topological polar surface area (TPSA) is 12.9 Å². The van der Waals surface area contributed by atoms with Crippen LogP contribution in [0.2, 0.25) is 5.15 Å². The number of aromatic nitrogens is 1. The molecular weight excluding hydrogens is 320 g/mol. The van der Waals surface area contributed by atoms with Gasteiger partial charge in [-0.2, -0.15) is 26.3 Å². The average molecular weight is 326 g/mol. The molecule has 1 aromatic carbocycles. The zero-order valence-electron chi connectivity index (χ0n) is 10.1. The molecule has 1 nitrogen and oxygen atoms in total. The maximum atomic E-state index is 12.4. The fourth-order valence-electron chi connectivity index (χ4n) is 1.65. The van der Waals surface area contributed by atoms with Gasteiger partial charge in [0.05, 0.1) is 5.56 Å². The molecule has 2 rings (SSSR count). The SMILES string of the molecule is FC(F)(F)c1ccc(-c2ccc(C(F)(F)F)nc2Cl)cc1. The zero-order valence-corrected chi connectivity index (χ0v) is 10.8. The Balaban J connectivity index is 2.39. The van der Waals surface area contributed by atoms with Crippen LogP contribution in [-0.2, 0) is 12.4 Å². The number of pyridine rings is 1. The summed E-state index contributed by atoms with van der Waals surface area (Å²) < 4.78 is 74.6. The molecule has 0 aliphatic carbocycles. The van der Waals surface area contributed by atoms with Crippen molar-refractivity contribution in [3.8, 4) is 11.1 Å². The summed E-state index contributed by atoms with van der Waals surface area (Å²) in [4.78, 5) is 3.21. The van der Waals surface area contributed by atoms with Crippen molar-refractivity contribution in [3.63, 3.8) is 0 Å². The third-order valence-electron chi connectivity index (χ3n) is 2.66. The van der Waals surface area contributed by atoms with E-state index in [1.165, 1.54) is 0 Å². The Morgan fingerprint density at radius 3 is 1.76 bits per heavy atom. The van der Waals surface area contributed by atoms with Gasteiger partial charge in [0.15, 0.2) is 0 Å². The summed E-state index contributed by atoms with van der Waals surface area (Å²) in [5.41, 5.74) is -1.65. The maximum absolute atomic E-state index is 12.4. The number of rotatable bonds is 1. The highest BCUT2D eigenvalue weighted by molar-refractivity contribution is 6.32. The van der Waals surface area contributed by atoms with Gasteiger partial charge in [-0.25, -0.2) is 4.98 Å². The molecule has 0 bridgehead atoms. The second-order valence-electron chi connectivity index (χ2n) is 4.11. The maximum Gasteiger partial charge on any atom is 0.433 e. The first kappa shape index (κ1) is 15.6. The Morgan fingerprint density at radius 2 is 1.33 bits per heavy atom. The highest BCUT2D eigenvalue weighted by Crippen LogP contribution is 2.35. The van der Waals surface area contributed by atoms with Crippen molar-refractivity contribution in [1.29, 1.82) is 0 Å². The van der Waals surface area contributed by atoms with Crippen LogP contribution in [-0.4, -0.2) is 4.98 Å². The van der Waals surface area contributed by atoms with E-state index in [4.69, 9.17) is 11.6 Å². The minimum Gasteiger partial charge on any atom is -0.231 e. The Kier molecular flexibility index (Phi) is 3.88. The summed E-state index contributed by atoms with van der Waals surface area (Å²) in [6.45, 7) is 0. The molecule has 2 aromatic rings. The van der Waals surface area contributed by atoms with Crippen molar-refractivity contribution in [3.05, 3.63) is 52.8 Å². The first-order valence-corrected chi connectivity index (χ1v) is 5.88. The first-order chi connectivity index (χ1) is 9.59. The third-order valence-corrected chi connectivity index (χ3v) is 2.95. The lowest BCUT2D eigenvalue weighted by Gasteiger charge is -2.10. The van der Waals surface area contributed by atoms with Crippen LogP contribution in [0.4, 0.5) is 26.3 Å². The number of benzene rings is 1. The first-order valence-electron chi connectivity index (χ1n) is 5.50. The Morgan fingerprint density at radius 1 is 0.762 bits per heavy atom. The van der Waals surface area contributed by atoms with Gasteiger partial charge >= 0.3 is 12.4 Å². The van der Waals surface area contributed by atoms with Crippen molar-refractivity contribution in [1.82, 2.24) is 4.98 Å². The molecule has 0 amide bonds. The van der Waals surface area contributed by atoms with Crippen LogP contribution in [0.15, 0.2) is 36.4 Å². The Bertz CT molecular complexity index is 645. The van der Waals surface area contributed by atoms with Crippen LogP contribution in [0.25, 0.3) is 11.1 Å². The Labute approximate surface area is 120 Å². The smallest absolute Gasteiger partial charge is 0.231 e. The molecule has 0 saturated heterocycles. The summed E-state index contributed by atoms with van der Waals surface area (Å²) in [6.07, 6.45) is -9.12. The van der Waals surface area contributed by atoms with E-state index >= 15 is 0 Å². The summed E-state index contributed by atoms with van der Waals surface area (Å²) in [7, 11) is 0. The quantitative estimate of drug-likeness (QED) is 0.502. The summed E-state index contributed by atoms with van der Waals surface area (Å²) in [5, 5.41) is -0.426. The molecule has 0 radical (unpaired) electrons. The second-order valence-corrected chi connectivity index (χ2v) is 4.47. The molecule has 0 fully saturated rings. The molecule has 0 unspecified atom stereocenters. The molecule has 0 aliphatic heterocycles. The molecule has 0 saturated carbocycles. The van der Waals surface area contributed by atoms with Gasteiger partial charge in [0, 0.05) is 5.56 Å². The zero-order chi connectivity index (χ0) is 15.8. The van der Waals surface area contributed by atoms with E-state index < -0.39 is 28.8 Å². The van der Waals surface area contributed by atoms with Gasteiger partial charge in [0.2, 0.25) is 0 Å². The molecule has 0 spiro atoms. The van der Waals surface area contributed by atoms with Gasteiger partial charge in [-0.15, -0.1) is 0 Å². The predicted octanol–water partition coefficient (Wildman–Crippen LogP) is 5.44. The molecule has 112 valence electrons. The number of halogens is 7. The standard InChI is InChI=1S/C13H6ClF6N/c14-11-9(5-6-10(21-11)13(18,19)20)7-1-3-8(4-2-7)12(15,16)17/h1-6H. The van der Waals surface area contributed by atoms with E-state index in [-0.39, 0.29) is 11.1 Å². The highest BCUT2D eigenvalue weighted by Gasteiger charge is 2.33. The van der Waals surface area contributed by atoms with Crippen LogP contribution in [0.1, 0.15) is 11.3 Å². The van der Waals surface area contributed by atoms with Crippen LogP contribution >= 0.6 is 11.6 Å². The highest BCUT2D eigenvalue weighted by atomic mass is 35.5. The molecule has 8 heteroatoms. The molecule has 0 atom stereocenters. The normalized spacial score (nSPS) is 12.5. The van der Waals surface area contributed by atoms with Crippen molar-refractivity contribution < 1.29 is 26.3 Å². The summed E-state index contributed by atoms with van der Waals surface area (Å²) in [6, 6.07) is 5.68. The predicted molar refractivity (Wildman–Crippen MR) is 64.7 cm³/mol. The fraction of sp³-hybridized carbons (Fsp3) is 0.154. The molecule has 0 N–H and O–H groups in total. The Hall–Kier alpha value is -1.76. The molecule has 1 heterocycles. The van der Waals surface area contributed by atoms with Crippen LogP contribution in [0.5, 0.6) is 0 Å². The number of hydrogen-bond donors (Lipinski definition) is 0. The van der Waals surface area contributed by atoms with Crippen molar-refractivity contribution in [2.24, 2.45) is 0 Å². The van der Waals surface area contributed by atoms with Gasteiger partial charge in [-0.1, -0.05) is 23.7 Å². The van der Waals surface area contributed by atoms with E-state index in [0.29, 0.717) is 0 Å². The van der Waals surface area contributed by atoms with Gasteiger partial charge in [-0.05, 0) is 29.8 Å². The van der Waals surface area contributed by atoms with Crippen molar-refractivity contribution >= 4 is 11.6 Å². The van der Waals surface area contributed by atoms with E-state index in [1.54, 1.807) is 0 Å². The third kappa shape index (κ3) is 3.47. The van der Waals surface area contributed by atoms with Crippen LogP contribution in [0.3, 0.4) is 0 Å². The van der Waals surface area contributed by atoms with Gasteiger partial charge < -0.3 is 0 Å². The van der Waals surface area contributed by atoms with E-state index in [2.05, 4.69) is 4.98 Å².